The fourth-order valence-electron chi connectivity index (χ4n) is 9.27. The van der Waals surface area contributed by atoms with Crippen LogP contribution < -0.4 is 20.1 Å². The molecule has 8 aromatic rings. The number of amides is 2. The molecule has 10 rings (SSSR count). The maximum absolute atomic E-state index is 13.2. The maximum atomic E-state index is 13.2. The van der Waals surface area contributed by atoms with Crippen LogP contribution in [0, 0.1) is 11.8 Å². The minimum Gasteiger partial charge on any atom is -0.492 e. The Hall–Kier alpha value is -6.96. The zero-order chi connectivity index (χ0) is 49.5. The molecule has 6 heterocycles. The number of likely N-dealkylation sites (tertiary alicyclic amines) is 2. The lowest BCUT2D eigenvalue weighted by atomic mass is 9.94. The molecule has 14 heteroatoms. The molecule has 2 atom stereocenters. The number of benzene rings is 4. The Morgan fingerprint density at radius 1 is 0.500 bits per heavy atom. The van der Waals surface area contributed by atoms with Crippen molar-refractivity contribution in [3.05, 3.63) is 203 Å². The van der Waals surface area contributed by atoms with Crippen LogP contribution in [0.1, 0.15) is 60.3 Å². The summed E-state index contributed by atoms with van der Waals surface area (Å²) in [5, 5.41) is 10.0. The normalized spacial score (nSPS) is 15.5. The van der Waals surface area contributed by atoms with Crippen LogP contribution in [0.4, 0.5) is 0 Å². The van der Waals surface area contributed by atoms with Crippen LogP contribution in [0.25, 0.3) is 21.8 Å². The van der Waals surface area contributed by atoms with Crippen LogP contribution in [-0.4, -0.2) is 94.0 Å². The molecule has 2 fully saturated rings. The van der Waals surface area contributed by atoms with E-state index in [2.05, 4.69) is 40.4 Å². The van der Waals surface area contributed by atoms with Crippen LogP contribution >= 0.6 is 23.2 Å². The second-order valence-corrected chi connectivity index (χ2v) is 19.0. The summed E-state index contributed by atoms with van der Waals surface area (Å²) in [4.78, 5) is 48.9. The van der Waals surface area contributed by atoms with Crippen LogP contribution in [0.2, 0.25) is 10.0 Å². The van der Waals surface area contributed by atoms with Gasteiger partial charge in [-0.2, -0.15) is 0 Å². The number of carbonyl (C=O) groups excluding carboxylic acids is 2. The number of hydrogen-bond acceptors (Lipinski definition) is 10. The van der Waals surface area contributed by atoms with Gasteiger partial charge in [-0.1, -0.05) is 71.7 Å². The summed E-state index contributed by atoms with van der Waals surface area (Å²) >= 11 is 12.2. The fourth-order valence-corrected chi connectivity index (χ4v) is 9.53. The number of piperidine rings is 2. The first kappa shape index (κ1) is 50.0. The summed E-state index contributed by atoms with van der Waals surface area (Å²) < 4.78 is 11.9. The van der Waals surface area contributed by atoms with E-state index in [0.717, 1.165) is 121 Å². The van der Waals surface area contributed by atoms with Crippen LogP contribution in [0.5, 0.6) is 11.5 Å². The molecular weight excluding hydrogens is 944 g/mol. The Morgan fingerprint density at radius 3 is 1.29 bits per heavy atom. The van der Waals surface area contributed by atoms with Crippen LogP contribution in [-0.2, 0) is 9.59 Å². The molecule has 4 aromatic heterocycles. The number of aromatic nitrogens is 4. The maximum Gasteiger partial charge on any atom is 0.224 e. The summed E-state index contributed by atoms with van der Waals surface area (Å²) in [6.45, 7) is 6.35. The number of halogens is 2. The van der Waals surface area contributed by atoms with Crippen molar-refractivity contribution >= 4 is 56.8 Å². The molecule has 4 aromatic carbocycles. The highest BCUT2D eigenvalue weighted by atomic mass is 35.5. The van der Waals surface area contributed by atoms with Crippen molar-refractivity contribution < 1.29 is 19.1 Å². The number of fused-ring (bicyclic) bond motifs is 2. The van der Waals surface area contributed by atoms with E-state index in [-0.39, 0.29) is 35.7 Å². The number of ether oxygens (including phenoxy) is 2. The van der Waals surface area contributed by atoms with E-state index in [1.807, 2.05) is 146 Å². The van der Waals surface area contributed by atoms with Crippen molar-refractivity contribution in [2.45, 2.75) is 37.8 Å². The fraction of sp³-hybridized carbons (Fsp3) is 0.276. The van der Waals surface area contributed by atoms with Crippen molar-refractivity contribution in [3.63, 3.8) is 0 Å². The Bertz CT molecular complexity index is 2790. The average molecular weight is 1000 g/mol. The molecule has 2 amide bonds. The van der Waals surface area contributed by atoms with Gasteiger partial charge in [-0.3, -0.25) is 39.3 Å². The zero-order valence-electron chi connectivity index (χ0n) is 40.0. The highest BCUT2D eigenvalue weighted by Crippen LogP contribution is 2.28. The van der Waals surface area contributed by atoms with E-state index in [9.17, 15) is 9.59 Å². The second-order valence-electron chi connectivity index (χ2n) is 18.1. The topological polar surface area (TPSA) is 135 Å². The Balaban J connectivity index is 0.000000178. The molecule has 2 saturated heterocycles. The molecule has 368 valence electrons. The SMILES string of the molecule is O=C(NC(c1ccc(Cl)cc1)c1ccccn1)C1CCN(CCOc2ccc3cccnc3c2)CC1.O=C(NC(c1ccc(Cl)cc1)c1ccccn1)C1CCN(CCOc2ccc3cccnc3c2)CC1. The molecule has 72 heavy (non-hydrogen) atoms. The van der Waals surface area contributed by atoms with Gasteiger partial charge in [0.2, 0.25) is 11.8 Å². The number of hydrogen-bond donors (Lipinski definition) is 2. The van der Waals surface area contributed by atoms with E-state index < -0.39 is 0 Å². The van der Waals surface area contributed by atoms with Gasteiger partial charge in [0.25, 0.3) is 0 Å². The molecule has 0 aliphatic carbocycles. The van der Waals surface area contributed by atoms with Crippen molar-refractivity contribution in [3.8, 4) is 11.5 Å². The number of nitrogens with one attached hydrogen (secondary N) is 2. The predicted octanol–water partition coefficient (Wildman–Crippen LogP) is 10.6. The third-order valence-corrected chi connectivity index (χ3v) is 13.9. The number of carbonyl (C=O) groups is 2. The molecule has 2 unspecified atom stereocenters. The van der Waals surface area contributed by atoms with Gasteiger partial charge in [0.05, 0.1) is 34.5 Å². The Labute approximate surface area is 430 Å². The molecule has 0 saturated carbocycles. The number of nitrogens with zero attached hydrogens (tertiary/aromatic N) is 6. The third-order valence-electron chi connectivity index (χ3n) is 13.4. The lowest BCUT2D eigenvalue weighted by Gasteiger charge is -2.32. The van der Waals surface area contributed by atoms with Gasteiger partial charge < -0.3 is 20.1 Å². The van der Waals surface area contributed by atoms with Gasteiger partial charge in [-0.15, -0.1) is 0 Å². The van der Waals surface area contributed by atoms with E-state index in [1.54, 1.807) is 24.8 Å². The van der Waals surface area contributed by atoms with Crippen molar-refractivity contribution in [2.75, 3.05) is 52.5 Å². The van der Waals surface area contributed by atoms with Gasteiger partial charge in [0.15, 0.2) is 0 Å². The molecule has 0 bridgehead atoms. The molecule has 0 spiro atoms. The lowest BCUT2D eigenvalue weighted by Crippen LogP contribution is -2.42. The highest BCUT2D eigenvalue weighted by molar-refractivity contribution is 6.30. The average Bonchev–Trinajstić information content (AvgIpc) is 3.43. The number of pyridine rings is 4. The summed E-state index contributed by atoms with van der Waals surface area (Å²) in [5.74, 6) is 1.76. The standard InChI is InChI=1S/2C29H29ClN4O2/c2*30-24-9-6-22(7-10-24)28(26-5-1-2-14-31-26)33-29(35)23-12-16-34(17-13-23)18-19-36-25-11-8-21-4-3-15-32-27(21)20-25/h2*1-11,14-15,20,23,28H,12-13,16-19H2,(H,33,35). The smallest absolute Gasteiger partial charge is 0.224 e. The quantitative estimate of drug-likeness (QED) is 0.0963. The second kappa shape index (κ2) is 24.9. The highest BCUT2D eigenvalue weighted by Gasteiger charge is 2.29. The van der Waals surface area contributed by atoms with Crippen molar-refractivity contribution in [1.29, 1.82) is 0 Å². The molecule has 12 nitrogen and oxygen atoms in total. The first-order chi connectivity index (χ1) is 35.3. The Morgan fingerprint density at radius 2 is 0.903 bits per heavy atom. The zero-order valence-corrected chi connectivity index (χ0v) is 41.5. The molecule has 2 aliphatic heterocycles. The molecule has 2 N–H and O–H groups in total. The van der Waals surface area contributed by atoms with Crippen molar-refractivity contribution in [2.24, 2.45) is 11.8 Å². The van der Waals surface area contributed by atoms with E-state index in [4.69, 9.17) is 32.7 Å². The van der Waals surface area contributed by atoms with E-state index in [0.29, 0.717) is 23.3 Å². The lowest BCUT2D eigenvalue weighted by molar-refractivity contribution is -0.127. The van der Waals surface area contributed by atoms with E-state index >= 15 is 0 Å². The van der Waals surface area contributed by atoms with Crippen molar-refractivity contribution in [1.82, 2.24) is 40.4 Å². The van der Waals surface area contributed by atoms with Gasteiger partial charge in [-0.25, -0.2) is 0 Å². The summed E-state index contributed by atoms with van der Waals surface area (Å²) in [7, 11) is 0. The van der Waals surface area contributed by atoms with Crippen LogP contribution in [0.3, 0.4) is 0 Å². The minimum atomic E-state index is -0.307. The third kappa shape index (κ3) is 13.7. The number of rotatable bonds is 16. The first-order valence-electron chi connectivity index (χ1n) is 24.6. The van der Waals surface area contributed by atoms with Gasteiger partial charge in [-0.05, 0) is 148 Å². The minimum absolute atomic E-state index is 0.0211. The van der Waals surface area contributed by atoms with Crippen LogP contribution in [0.15, 0.2) is 170 Å². The van der Waals surface area contributed by atoms with Gasteiger partial charge >= 0.3 is 0 Å². The monoisotopic (exact) mass is 1000 g/mol. The molecular formula is C58H58Cl2N8O4. The summed E-state index contributed by atoms with van der Waals surface area (Å²) in [6, 6.07) is 46.0. The molecule has 2 aliphatic rings. The summed E-state index contributed by atoms with van der Waals surface area (Å²) in [6.07, 6.45) is 10.4. The Kier molecular flexibility index (Phi) is 17.3. The summed E-state index contributed by atoms with van der Waals surface area (Å²) in [5.41, 5.74) is 5.42. The van der Waals surface area contributed by atoms with E-state index in [1.165, 1.54) is 0 Å². The predicted molar refractivity (Wildman–Crippen MR) is 284 cm³/mol. The largest absolute Gasteiger partial charge is 0.492 e. The van der Waals surface area contributed by atoms with Gasteiger partial charge in [0.1, 0.15) is 24.7 Å². The first-order valence-corrected chi connectivity index (χ1v) is 25.4. The molecule has 0 radical (unpaired) electrons. The van der Waals surface area contributed by atoms with Gasteiger partial charge in [0, 0.05) is 82.7 Å².